The monoisotopic (exact) mass is 414 g/mol. The van der Waals surface area contributed by atoms with Gasteiger partial charge in [-0.1, -0.05) is 24.6 Å². The van der Waals surface area contributed by atoms with Crippen molar-refractivity contribution in [2.24, 2.45) is 0 Å². The first-order valence-corrected chi connectivity index (χ1v) is 9.70. The lowest BCUT2D eigenvalue weighted by atomic mass is 10.00. The Balaban J connectivity index is 1.71. The molecule has 0 saturated carbocycles. The highest BCUT2D eigenvalue weighted by Gasteiger charge is 2.17. The molecule has 152 valence electrons. The van der Waals surface area contributed by atoms with Crippen LogP contribution in [0.15, 0.2) is 41.3 Å². The minimum atomic E-state index is -0.356. The molecule has 4 N–H and O–H groups in total. The highest BCUT2D eigenvalue weighted by Crippen LogP contribution is 2.26. The summed E-state index contributed by atoms with van der Waals surface area (Å²) in [7, 11) is 0. The minimum absolute atomic E-state index is 0.0811. The highest BCUT2D eigenvalue weighted by atomic mass is 35.5. The summed E-state index contributed by atoms with van der Waals surface area (Å²) in [6.07, 6.45) is 5.77. The van der Waals surface area contributed by atoms with Crippen LogP contribution in [-0.2, 0) is 6.54 Å². The van der Waals surface area contributed by atoms with Gasteiger partial charge in [-0.15, -0.1) is 0 Å². The number of nitrogens with one attached hydrogen (secondary N) is 2. The fraction of sp³-hybridized carbons (Fsp3) is 0.300. The number of benzene rings is 1. The van der Waals surface area contributed by atoms with Crippen LogP contribution in [0.2, 0.25) is 5.02 Å². The van der Waals surface area contributed by atoms with Crippen molar-refractivity contribution in [3.05, 3.63) is 53.1 Å². The quantitative estimate of drug-likeness (QED) is 0.265. The van der Waals surface area contributed by atoms with Crippen LogP contribution in [0.4, 0.5) is 6.01 Å². The van der Waals surface area contributed by atoms with Gasteiger partial charge in [-0.3, -0.25) is 9.48 Å². The van der Waals surface area contributed by atoms with E-state index in [0.29, 0.717) is 10.6 Å². The second kappa shape index (κ2) is 9.49. The molecule has 29 heavy (non-hydrogen) atoms. The maximum atomic E-state index is 12.3. The average Bonchev–Trinajstić information content (AvgIpc) is 3.35. The highest BCUT2D eigenvalue weighted by molar-refractivity contribution is 6.35. The molecule has 0 spiro atoms. The SMILES string of the molecule is CCNCCCn1cc(-c2ccc(Cl)c(C(=N)CC(=O)c3coc(N)n3)c2)cn1. The largest absolute Gasteiger partial charge is 0.432 e. The summed E-state index contributed by atoms with van der Waals surface area (Å²) in [5, 5.41) is 16.4. The summed E-state index contributed by atoms with van der Waals surface area (Å²) in [5.41, 5.74) is 7.89. The van der Waals surface area contributed by atoms with E-state index >= 15 is 0 Å². The third-order valence-electron chi connectivity index (χ3n) is 4.39. The molecule has 0 atom stereocenters. The zero-order valence-electron chi connectivity index (χ0n) is 16.1. The molecule has 0 bridgehead atoms. The molecule has 0 saturated heterocycles. The van der Waals surface area contributed by atoms with Crippen molar-refractivity contribution in [1.82, 2.24) is 20.1 Å². The van der Waals surface area contributed by atoms with Crippen LogP contribution in [0.25, 0.3) is 11.1 Å². The fourth-order valence-corrected chi connectivity index (χ4v) is 3.11. The van der Waals surface area contributed by atoms with E-state index in [1.807, 2.05) is 16.9 Å². The normalized spacial score (nSPS) is 11.0. The molecule has 0 unspecified atom stereocenters. The molecule has 2 heterocycles. The summed E-state index contributed by atoms with van der Waals surface area (Å²) in [6, 6.07) is 5.32. The maximum Gasteiger partial charge on any atom is 0.292 e. The summed E-state index contributed by atoms with van der Waals surface area (Å²) < 4.78 is 6.75. The number of aromatic nitrogens is 3. The predicted octanol–water partition coefficient (Wildman–Crippen LogP) is 3.41. The molecule has 0 amide bonds. The van der Waals surface area contributed by atoms with Gasteiger partial charge in [-0.2, -0.15) is 10.1 Å². The molecule has 8 nitrogen and oxygen atoms in total. The van der Waals surface area contributed by atoms with Crippen LogP contribution in [-0.4, -0.2) is 39.3 Å². The summed E-state index contributed by atoms with van der Waals surface area (Å²) in [6.45, 7) is 4.80. The number of nitrogens with zero attached hydrogens (tertiary/aromatic N) is 3. The van der Waals surface area contributed by atoms with Crippen LogP contribution < -0.4 is 11.1 Å². The lowest BCUT2D eigenvalue weighted by Gasteiger charge is -2.08. The van der Waals surface area contributed by atoms with Crippen LogP contribution in [0.5, 0.6) is 0 Å². The minimum Gasteiger partial charge on any atom is -0.432 e. The van der Waals surface area contributed by atoms with Gasteiger partial charge in [0.15, 0.2) is 5.78 Å². The van der Waals surface area contributed by atoms with Crippen LogP contribution >= 0.6 is 11.6 Å². The first-order valence-electron chi connectivity index (χ1n) is 9.33. The number of halogens is 1. The lowest BCUT2D eigenvalue weighted by Crippen LogP contribution is -2.16. The van der Waals surface area contributed by atoms with Gasteiger partial charge >= 0.3 is 0 Å². The number of nitrogen functional groups attached to an aromatic ring is 1. The number of rotatable bonds is 10. The van der Waals surface area contributed by atoms with E-state index in [4.69, 9.17) is 27.2 Å². The van der Waals surface area contributed by atoms with Gasteiger partial charge < -0.3 is 20.9 Å². The lowest BCUT2D eigenvalue weighted by molar-refractivity contribution is 0.0996. The van der Waals surface area contributed by atoms with Crippen LogP contribution in [0.3, 0.4) is 0 Å². The van der Waals surface area contributed by atoms with Gasteiger partial charge in [0.1, 0.15) is 12.0 Å². The molecule has 0 radical (unpaired) electrons. The molecular weight excluding hydrogens is 392 g/mol. The Morgan fingerprint density at radius 2 is 2.21 bits per heavy atom. The molecule has 0 aliphatic carbocycles. The maximum absolute atomic E-state index is 12.3. The zero-order valence-corrected chi connectivity index (χ0v) is 16.9. The Labute approximate surface area is 173 Å². The Hall–Kier alpha value is -2.97. The van der Waals surface area contributed by atoms with Gasteiger partial charge in [0.25, 0.3) is 6.01 Å². The van der Waals surface area contributed by atoms with E-state index in [2.05, 4.69) is 22.3 Å². The predicted molar refractivity (Wildman–Crippen MR) is 113 cm³/mol. The van der Waals surface area contributed by atoms with E-state index in [-0.39, 0.29) is 29.6 Å². The van der Waals surface area contributed by atoms with Crippen molar-refractivity contribution in [3.63, 3.8) is 0 Å². The first-order chi connectivity index (χ1) is 14.0. The third kappa shape index (κ3) is 5.30. The van der Waals surface area contributed by atoms with Gasteiger partial charge in [-0.25, -0.2) is 0 Å². The number of aryl methyl sites for hydroxylation is 1. The van der Waals surface area contributed by atoms with E-state index in [1.165, 1.54) is 6.26 Å². The molecular formula is C20H23ClN6O2. The molecule has 1 aromatic carbocycles. The second-order valence-corrected chi connectivity index (χ2v) is 6.95. The zero-order chi connectivity index (χ0) is 20.8. The number of anilines is 1. The topological polar surface area (TPSA) is 123 Å². The van der Waals surface area contributed by atoms with Crippen LogP contribution in [0, 0.1) is 5.41 Å². The number of Topliss-reactive ketones (excluding diaryl/α,β-unsaturated/α-hetero) is 1. The van der Waals surface area contributed by atoms with Crippen molar-refractivity contribution in [3.8, 4) is 11.1 Å². The Kier molecular flexibility index (Phi) is 6.79. The second-order valence-electron chi connectivity index (χ2n) is 6.54. The number of nitrogens with two attached hydrogens (primary N) is 1. The van der Waals surface area contributed by atoms with Crippen molar-refractivity contribution in [2.75, 3.05) is 18.8 Å². The van der Waals surface area contributed by atoms with E-state index in [0.717, 1.165) is 37.2 Å². The first kappa shape index (κ1) is 20.8. The third-order valence-corrected chi connectivity index (χ3v) is 4.72. The number of carbonyl (C=O) groups is 1. The van der Waals surface area contributed by atoms with Gasteiger partial charge in [0.05, 0.1) is 12.6 Å². The van der Waals surface area contributed by atoms with E-state index in [1.54, 1.807) is 18.3 Å². The Bertz CT molecular complexity index is 1010. The molecule has 0 aliphatic rings. The standard InChI is InChI=1S/C20H23ClN6O2/c1-2-24-6-3-7-27-11-14(10-25-27)13-4-5-16(21)15(8-13)17(22)9-19(28)18-12-29-20(23)26-18/h4-5,8,10-12,22,24H,2-3,6-7,9H2,1H3,(H2,23,26). The number of oxazole rings is 1. The number of hydrogen-bond donors (Lipinski definition) is 3. The molecule has 0 fully saturated rings. The number of ketones is 1. The van der Waals surface area contributed by atoms with Crippen molar-refractivity contribution < 1.29 is 9.21 Å². The van der Waals surface area contributed by atoms with E-state index in [9.17, 15) is 4.79 Å². The molecule has 2 aromatic heterocycles. The average molecular weight is 415 g/mol. The summed E-state index contributed by atoms with van der Waals surface area (Å²) in [5.74, 6) is -0.356. The van der Waals surface area contributed by atoms with Crippen molar-refractivity contribution >= 4 is 29.1 Å². The molecule has 3 aromatic rings. The summed E-state index contributed by atoms with van der Waals surface area (Å²) in [4.78, 5) is 16.1. The Morgan fingerprint density at radius 3 is 2.93 bits per heavy atom. The fourth-order valence-electron chi connectivity index (χ4n) is 2.88. The van der Waals surface area contributed by atoms with Gasteiger partial charge in [0.2, 0.25) is 0 Å². The van der Waals surface area contributed by atoms with E-state index < -0.39 is 0 Å². The van der Waals surface area contributed by atoms with Crippen molar-refractivity contribution in [1.29, 1.82) is 5.41 Å². The molecule has 3 rings (SSSR count). The summed E-state index contributed by atoms with van der Waals surface area (Å²) >= 11 is 6.28. The number of carbonyl (C=O) groups excluding carboxylic acids is 1. The van der Waals surface area contributed by atoms with Gasteiger partial charge in [0, 0.05) is 34.6 Å². The molecule has 0 aliphatic heterocycles. The Morgan fingerprint density at radius 1 is 1.38 bits per heavy atom. The smallest absolute Gasteiger partial charge is 0.292 e. The number of hydrogen-bond acceptors (Lipinski definition) is 7. The molecule has 9 heteroatoms. The van der Waals surface area contributed by atoms with Crippen molar-refractivity contribution in [2.45, 2.75) is 26.3 Å². The van der Waals surface area contributed by atoms with Gasteiger partial charge in [-0.05, 0) is 37.2 Å². The van der Waals surface area contributed by atoms with Crippen LogP contribution in [0.1, 0.15) is 35.8 Å².